The Balaban J connectivity index is 3.73. The quantitative estimate of drug-likeness (QED) is 0.562. The van der Waals surface area contributed by atoms with Gasteiger partial charge in [-0.25, -0.2) is 0 Å². The van der Waals surface area contributed by atoms with E-state index in [9.17, 15) is 0 Å². The Bertz CT molecular complexity index is 122. The third-order valence-corrected chi connectivity index (χ3v) is 0.988. The largest absolute Gasteiger partial charge is 0.385 e. The lowest BCUT2D eigenvalue weighted by atomic mass is 10.2. The molecule has 0 spiro atoms. The van der Waals surface area contributed by atoms with Gasteiger partial charge in [-0.2, -0.15) is 0 Å². The van der Waals surface area contributed by atoms with E-state index in [-0.39, 0.29) is 0 Å². The molecule has 0 aromatic heterocycles. The van der Waals surface area contributed by atoms with E-state index in [1.807, 2.05) is 0 Å². The van der Waals surface area contributed by atoms with E-state index in [2.05, 4.69) is 13.2 Å². The highest BCUT2D eigenvalue weighted by Crippen LogP contribution is 1.91. The SMILES string of the molecule is C=CC(O)C=CC(O)C=C. The van der Waals surface area contributed by atoms with Crippen LogP contribution in [0.25, 0.3) is 0 Å². The number of aliphatic hydroxyl groups excluding tert-OH is 2. The van der Waals surface area contributed by atoms with Crippen LogP contribution in [0.5, 0.6) is 0 Å². The van der Waals surface area contributed by atoms with Crippen molar-refractivity contribution < 1.29 is 10.2 Å². The van der Waals surface area contributed by atoms with Crippen LogP contribution in [-0.4, -0.2) is 22.4 Å². The maximum Gasteiger partial charge on any atom is 0.0901 e. The summed E-state index contributed by atoms with van der Waals surface area (Å²) in [6.07, 6.45) is 4.25. The van der Waals surface area contributed by atoms with E-state index in [1.165, 1.54) is 24.3 Å². The number of aliphatic hydroxyl groups is 2. The van der Waals surface area contributed by atoms with Gasteiger partial charge in [-0.05, 0) is 0 Å². The van der Waals surface area contributed by atoms with E-state index in [0.717, 1.165) is 0 Å². The first-order valence-corrected chi connectivity index (χ1v) is 3.00. The Morgan fingerprint density at radius 3 is 1.40 bits per heavy atom. The Morgan fingerprint density at radius 2 is 1.20 bits per heavy atom. The van der Waals surface area contributed by atoms with Crippen LogP contribution in [0.4, 0.5) is 0 Å². The summed E-state index contributed by atoms with van der Waals surface area (Å²) in [5, 5.41) is 17.7. The molecule has 56 valence electrons. The number of hydrogen-bond donors (Lipinski definition) is 2. The monoisotopic (exact) mass is 140 g/mol. The molecule has 2 unspecified atom stereocenters. The molecule has 2 heteroatoms. The smallest absolute Gasteiger partial charge is 0.0901 e. The Hall–Kier alpha value is -0.860. The molecule has 0 aliphatic rings. The highest BCUT2D eigenvalue weighted by molar-refractivity contribution is 5.04. The van der Waals surface area contributed by atoms with Crippen LogP contribution >= 0.6 is 0 Å². The topological polar surface area (TPSA) is 40.5 Å². The van der Waals surface area contributed by atoms with Crippen molar-refractivity contribution in [2.24, 2.45) is 0 Å². The molecule has 0 aromatic carbocycles. The van der Waals surface area contributed by atoms with Crippen molar-refractivity contribution in [2.45, 2.75) is 12.2 Å². The summed E-state index contributed by atoms with van der Waals surface area (Å²) in [7, 11) is 0. The third kappa shape index (κ3) is 4.06. The number of rotatable bonds is 4. The standard InChI is InChI=1S/C8H12O2/c1-3-7(9)5-6-8(10)4-2/h3-10H,1-2H2. The van der Waals surface area contributed by atoms with Gasteiger partial charge in [-0.15, -0.1) is 13.2 Å². The summed E-state index contributed by atoms with van der Waals surface area (Å²) >= 11 is 0. The van der Waals surface area contributed by atoms with E-state index in [0.29, 0.717) is 0 Å². The molecule has 0 rings (SSSR count). The molecule has 0 aliphatic heterocycles. The molecule has 0 heterocycles. The van der Waals surface area contributed by atoms with Gasteiger partial charge in [0, 0.05) is 0 Å². The zero-order chi connectivity index (χ0) is 7.98. The molecule has 0 saturated carbocycles. The lowest BCUT2D eigenvalue weighted by Crippen LogP contribution is -2.00. The molecule has 0 radical (unpaired) electrons. The molecular formula is C8H12O2. The van der Waals surface area contributed by atoms with Crippen LogP contribution in [0, 0.1) is 0 Å². The maximum atomic E-state index is 8.85. The van der Waals surface area contributed by atoms with Gasteiger partial charge in [0.1, 0.15) is 0 Å². The van der Waals surface area contributed by atoms with Gasteiger partial charge < -0.3 is 10.2 Å². The minimum absolute atomic E-state index is 0.686. The van der Waals surface area contributed by atoms with E-state index in [4.69, 9.17) is 10.2 Å². The fourth-order valence-corrected chi connectivity index (χ4v) is 0.385. The van der Waals surface area contributed by atoms with Crippen LogP contribution in [-0.2, 0) is 0 Å². The summed E-state index contributed by atoms with van der Waals surface area (Å²) in [5.74, 6) is 0. The minimum atomic E-state index is -0.686. The Labute approximate surface area is 60.8 Å². The lowest BCUT2D eigenvalue weighted by molar-refractivity contribution is 0.256. The molecule has 0 amide bonds. The van der Waals surface area contributed by atoms with E-state index >= 15 is 0 Å². The summed E-state index contributed by atoms with van der Waals surface area (Å²) in [6, 6.07) is 0. The van der Waals surface area contributed by atoms with Crippen molar-refractivity contribution >= 4 is 0 Å². The van der Waals surface area contributed by atoms with E-state index in [1.54, 1.807) is 0 Å². The predicted molar refractivity (Wildman–Crippen MR) is 41.5 cm³/mol. The van der Waals surface area contributed by atoms with Crippen LogP contribution in [0.1, 0.15) is 0 Å². The van der Waals surface area contributed by atoms with Gasteiger partial charge in [0.25, 0.3) is 0 Å². The van der Waals surface area contributed by atoms with Crippen molar-refractivity contribution in [3.63, 3.8) is 0 Å². The molecular weight excluding hydrogens is 128 g/mol. The van der Waals surface area contributed by atoms with Crippen LogP contribution in [0.15, 0.2) is 37.5 Å². The van der Waals surface area contributed by atoms with E-state index < -0.39 is 12.2 Å². The zero-order valence-electron chi connectivity index (χ0n) is 5.77. The fraction of sp³-hybridized carbons (Fsp3) is 0.250. The molecule has 0 aliphatic carbocycles. The van der Waals surface area contributed by atoms with Crippen LogP contribution < -0.4 is 0 Å². The van der Waals surface area contributed by atoms with Crippen LogP contribution in [0.2, 0.25) is 0 Å². The Kier molecular flexibility index (Phi) is 4.54. The average Bonchev–Trinajstić information content (AvgIpc) is 1.99. The molecule has 0 bridgehead atoms. The molecule has 0 saturated heterocycles. The summed E-state index contributed by atoms with van der Waals surface area (Å²) in [4.78, 5) is 0. The molecule has 0 fully saturated rings. The van der Waals surface area contributed by atoms with Crippen molar-refractivity contribution in [3.8, 4) is 0 Å². The fourth-order valence-electron chi connectivity index (χ4n) is 0.385. The molecule has 0 aromatic rings. The summed E-state index contributed by atoms with van der Waals surface area (Å²) < 4.78 is 0. The Morgan fingerprint density at radius 1 is 0.900 bits per heavy atom. The highest BCUT2D eigenvalue weighted by atomic mass is 16.3. The average molecular weight is 140 g/mol. The normalized spacial score (nSPS) is 16.6. The van der Waals surface area contributed by atoms with Gasteiger partial charge in [0.2, 0.25) is 0 Å². The molecule has 2 atom stereocenters. The van der Waals surface area contributed by atoms with Crippen LogP contribution in [0.3, 0.4) is 0 Å². The maximum absolute atomic E-state index is 8.85. The first-order valence-electron chi connectivity index (χ1n) is 3.00. The minimum Gasteiger partial charge on any atom is -0.385 e. The third-order valence-electron chi connectivity index (χ3n) is 0.988. The second-order valence-corrected chi connectivity index (χ2v) is 1.84. The van der Waals surface area contributed by atoms with Crippen molar-refractivity contribution in [2.75, 3.05) is 0 Å². The lowest BCUT2D eigenvalue weighted by Gasteiger charge is -1.97. The van der Waals surface area contributed by atoms with Gasteiger partial charge in [-0.3, -0.25) is 0 Å². The zero-order valence-corrected chi connectivity index (χ0v) is 5.77. The second kappa shape index (κ2) is 4.97. The summed E-state index contributed by atoms with van der Waals surface area (Å²) in [5.41, 5.74) is 0. The van der Waals surface area contributed by atoms with Gasteiger partial charge in [-0.1, -0.05) is 24.3 Å². The molecule has 10 heavy (non-hydrogen) atoms. The van der Waals surface area contributed by atoms with Crippen molar-refractivity contribution in [1.82, 2.24) is 0 Å². The van der Waals surface area contributed by atoms with Crippen molar-refractivity contribution in [3.05, 3.63) is 37.5 Å². The highest BCUT2D eigenvalue weighted by Gasteiger charge is 1.91. The molecule has 2 N–H and O–H groups in total. The first-order chi connectivity index (χ1) is 4.70. The van der Waals surface area contributed by atoms with Gasteiger partial charge in [0.15, 0.2) is 0 Å². The van der Waals surface area contributed by atoms with Gasteiger partial charge in [0.05, 0.1) is 12.2 Å². The summed E-state index contributed by atoms with van der Waals surface area (Å²) in [6.45, 7) is 6.71. The number of hydrogen-bond acceptors (Lipinski definition) is 2. The first kappa shape index (κ1) is 9.14. The van der Waals surface area contributed by atoms with Gasteiger partial charge >= 0.3 is 0 Å². The predicted octanol–water partition coefficient (Wildman–Crippen LogP) is 0.636. The van der Waals surface area contributed by atoms with Crippen molar-refractivity contribution in [1.29, 1.82) is 0 Å². The second-order valence-electron chi connectivity index (χ2n) is 1.84. The molecule has 2 nitrogen and oxygen atoms in total.